The number of nitrogens with zero attached hydrogens (tertiary/aromatic N) is 3. The van der Waals surface area contributed by atoms with Crippen LogP contribution in [0.5, 0.6) is 0 Å². The van der Waals surface area contributed by atoms with E-state index in [4.69, 9.17) is 0 Å². The van der Waals surface area contributed by atoms with Gasteiger partial charge in [0.25, 0.3) is 0 Å². The number of aryl methyl sites for hydroxylation is 2. The number of hydrogen-bond donors (Lipinski definition) is 0. The average molecular weight is 880 g/mol. The molecule has 332 valence electrons. The Morgan fingerprint density at radius 1 is 0.441 bits per heavy atom. The zero-order valence-electron chi connectivity index (χ0n) is 39.4. The predicted octanol–water partition coefficient (Wildman–Crippen LogP) is 16.8. The van der Waals surface area contributed by atoms with E-state index in [9.17, 15) is 10.5 Å². The zero-order valence-corrected chi connectivity index (χ0v) is 39.4. The van der Waals surface area contributed by atoms with Gasteiger partial charge < -0.3 is 4.90 Å². The van der Waals surface area contributed by atoms with Gasteiger partial charge in [0.05, 0.1) is 40.1 Å². The van der Waals surface area contributed by atoms with E-state index in [1.807, 2.05) is 12.1 Å². The van der Waals surface area contributed by atoms with Gasteiger partial charge in [0, 0.05) is 11.6 Å². The molecule has 8 aromatic carbocycles. The van der Waals surface area contributed by atoms with Crippen LogP contribution in [0.25, 0.3) is 33.4 Å². The van der Waals surface area contributed by atoms with Crippen LogP contribution in [0.1, 0.15) is 132 Å². The summed E-state index contributed by atoms with van der Waals surface area (Å²) in [6.07, 6.45) is 12.9. The van der Waals surface area contributed by atoms with Crippen molar-refractivity contribution in [2.45, 2.75) is 95.8 Å². The standard InChI is InChI=1S/C65H57N3/c1-3-5-7-9-17-45-35-46(18-10-8-6-4-2)37-51(36-45)68-63-24-16-15-23-59(63)65(60-39-47(42-66)27-32-56(60)57-33-28-48(43-67)40-61(57)65)62-41-50(31-34-64(62)68)49-29-25-44(26-30-49)38-58-54-21-13-11-19-52(54)53-20-12-14-22-55(53)58/h11-16,19-37,39-41,58H,3-10,17-18,38H2,1-2H3. The first-order valence-electron chi connectivity index (χ1n) is 25.1. The Labute approximate surface area is 403 Å². The van der Waals surface area contributed by atoms with Gasteiger partial charge in [-0.05, 0) is 170 Å². The minimum Gasteiger partial charge on any atom is -0.310 e. The number of anilines is 3. The van der Waals surface area contributed by atoms with Crippen molar-refractivity contribution in [2.75, 3.05) is 4.90 Å². The van der Waals surface area contributed by atoms with Crippen molar-refractivity contribution in [3.05, 3.63) is 231 Å². The van der Waals surface area contributed by atoms with Gasteiger partial charge in [-0.25, -0.2) is 0 Å². The summed E-state index contributed by atoms with van der Waals surface area (Å²) >= 11 is 0. The minimum absolute atomic E-state index is 0.314. The largest absolute Gasteiger partial charge is 0.310 e. The van der Waals surface area contributed by atoms with Crippen LogP contribution in [-0.4, -0.2) is 0 Å². The molecule has 1 spiro atoms. The van der Waals surface area contributed by atoms with Gasteiger partial charge in [0.1, 0.15) is 0 Å². The third kappa shape index (κ3) is 7.34. The number of benzene rings is 8. The van der Waals surface area contributed by atoms with Crippen LogP contribution in [0.15, 0.2) is 170 Å². The molecular weight excluding hydrogens is 823 g/mol. The molecule has 0 unspecified atom stereocenters. The Hall–Kier alpha value is -7.46. The molecule has 3 nitrogen and oxygen atoms in total. The van der Waals surface area contributed by atoms with Gasteiger partial charge in [0.15, 0.2) is 0 Å². The Balaban J connectivity index is 1.09. The summed E-state index contributed by atoms with van der Waals surface area (Å²) in [4.78, 5) is 2.52. The van der Waals surface area contributed by atoms with E-state index in [0.29, 0.717) is 17.0 Å². The van der Waals surface area contributed by atoms with Crippen LogP contribution in [0.3, 0.4) is 0 Å². The fourth-order valence-corrected chi connectivity index (χ4v) is 12.0. The molecule has 0 amide bonds. The van der Waals surface area contributed by atoms with Crippen LogP contribution < -0.4 is 4.90 Å². The van der Waals surface area contributed by atoms with Crippen molar-refractivity contribution in [3.8, 4) is 45.5 Å². The number of rotatable bonds is 14. The summed E-state index contributed by atoms with van der Waals surface area (Å²) in [5, 5.41) is 20.9. The molecule has 0 radical (unpaired) electrons. The molecule has 1 aliphatic heterocycles. The van der Waals surface area contributed by atoms with Crippen molar-refractivity contribution in [1.82, 2.24) is 0 Å². The van der Waals surface area contributed by atoms with Crippen LogP contribution >= 0.6 is 0 Å². The van der Waals surface area contributed by atoms with Gasteiger partial charge in [-0.15, -0.1) is 0 Å². The Bertz CT molecular complexity index is 3150. The molecule has 0 N–H and O–H groups in total. The molecular formula is C65H57N3. The quantitative estimate of drug-likeness (QED) is 0.102. The van der Waals surface area contributed by atoms with Gasteiger partial charge in [0.2, 0.25) is 0 Å². The van der Waals surface area contributed by atoms with Gasteiger partial charge >= 0.3 is 0 Å². The van der Waals surface area contributed by atoms with E-state index in [1.165, 1.54) is 96.0 Å². The van der Waals surface area contributed by atoms with E-state index in [0.717, 1.165) is 75.1 Å². The number of para-hydroxylation sites is 1. The smallest absolute Gasteiger partial charge is 0.0991 e. The molecule has 0 fully saturated rings. The number of hydrogen-bond acceptors (Lipinski definition) is 3. The maximum Gasteiger partial charge on any atom is 0.0991 e. The van der Waals surface area contributed by atoms with E-state index >= 15 is 0 Å². The Morgan fingerprint density at radius 2 is 0.985 bits per heavy atom. The lowest BCUT2D eigenvalue weighted by molar-refractivity contribution is 0.661. The lowest BCUT2D eigenvalue weighted by atomic mass is 9.64. The van der Waals surface area contributed by atoms with Crippen LogP contribution in [-0.2, 0) is 24.7 Å². The first kappa shape index (κ1) is 43.1. The average Bonchev–Trinajstić information content (AvgIpc) is 3.86. The first-order valence-corrected chi connectivity index (χ1v) is 25.1. The SMILES string of the molecule is CCCCCCc1cc(CCCCCC)cc(N2c3ccccc3C3(c4cc(C#N)ccc4-c4ccc(C#N)cc43)c3cc(-c4ccc(CC5c6ccccc6-c6ccccc65)cc4)ccc32)c1. The lowest BCUT2D eigenvalue weighted by Gasteiger charge is -2.45. The molecule has 3 heteroatoms. The summed E-state index contributed by atoms with van der Waals surface area (Å²) in [6.45, 7) is 4.57. The molecule has 0 aromatic heterocycles. The molecule has 0 saturated heterocycles. The fourth-order valence-electron chi connectivity index (χ4n) is 12.0. The molecule has 68 heavy (non-hydrogen) atoms. The summed E-state index contributed by atoms with van der Waals surface area (Å²) in [5.41, 5.74) is 22.5. The second kappa shape index (κ2) is 18.3. The van der Waals surface area contributed by atoms with Crippen molar-refractivity contribution in [3.63, 3.8) is 0 Å². The highest BCUT2D eigenvalue weighted by Crippen LogP contribution is 2.64. The monoisotopic (exact) mass is 879 g/mol. The fraction of sp³-hybridized carbons (Fsp3) is 0.231. The molecule has 8 aromatic rings. The molecule has 3 aliphatic rings. The van der Waals surface area contributed by atoms with Gasteiger partial charge in [-0.2, -0.15) is 10.5 Å². The van der Waals surface area contributed by atoms with E-state index in [2.05, 4.69) is 189 Å². The minimum atomic E-state index is -0.799. The summed E-state index contributed by atoms with van der Waals surface area (Å²) in [6, 6.07) is 67.7. The molecule has 2 aliphatic carbocycles. The molecule has 0 saturated carbocycles. The molecule has 11 rings (SSSR count). The summed E-state index contributed by atoms with van der Waals surface area (Å²) in [5.74, 6) is 0.314. The van der Waals surface area contributed by atoms with E-state index < -0.39 is 5.41 Å². The zero-order chi connectivity index (χ0) is 46.2. The van der Waals surface area contributed by atoms with Gasteiger partial charge in [-0.3, -0.25) is 0 Å². The van der Waals surface area contributed by atoms with Crippen molar-refractivity contribution in [2.24, 2.45) is 0 Å². The van der Waals surface area contributed by atoms with Crippen LogP contribution in [0, 0.1) is 22.7 Å². The summed E-state index contributed by atoms with van der Waals surface area (Å²) < 4.78 is 0. The topological polar surface area (TPSA) is 50.8 Å². The van der Waals surface area contributed by atoms with Crippen molar-refractivity contribution >= 4 is 17.1 Å². The van der Waals surface area contributed by atoms with Crippen LogP contribution in [0.4, 0.5) is 17.1 Å². The predicted molar refractivity (Wildman–Crippen MR) is 280 cm³/mol. The first-order chi connectivity index (χ1) is 33.5. The number of nitriles is 2. The second-order valence-corrected chi connectivity index (χ2v) is 19.3. The van der Waals surface area contributed by atoms with Crippen molar-refractivity contribution < 1.29 is 0 Å². The Morgan fingerprint density at radius 3 is 1.57 bits per heavy atom. The highest BCUT2D eigenvalue weighted by molar-refractivity contribution is 5.97. The number of fused-ring (bicyclic) bond motifs is 12. The molecule has 1 heterocycles. The third-order valence-electron chi connectivity index (χ3n) is 15.2. The van der Waals surface area contributed by atoms with Gasteiger partial charge in [-0.1, -0.05) is 168 Å². The highest BCUT2D eigenvalue weighted by Gasteiger charge is 2.52. The van der Waals surface area contributed by atoms with Crippen molar-refractivity contribution in [1.29, 1.82) is 10.5 Å². The second-order valence-electron chi connectivity index (χ2n) is 19.3. The summed E-state index contributed by atoms with van der Waals surface area (Å²) in [7, 11) is 0. The third-order valence-corrected chi connectivity index (χ3v) is 15.2. The number of unbranched alkanes of at least 4 members (excludes halogenated alkanes) is 6. The lowest BCUT2D eigenvalue weighted by Crippen LogP contribution is -2.36. The Kier molecular flexibility index (Phi) is 11.6. The normalized spacial score (nSPS) is 13.5. The maximum atomic E-state index is 10.5. The van der Waals surface area contributed by atoms with E-state index in [1.54, 1.807) is 0 Å². The highest BCUT2D eigenvalue weighted by atomic mass is 15.2. The molecule has 0 bridgehead atoms. The maximum absolute atomic E-state index is 10.5. The molecule has 0 atom stereocenters. The van der Waals surface area contributed by atoms with Crippen LogP contribution in [0.2, 0.25) is 0 Å². The van der Waals surface area contributed by atoms with E-state index in [-0.39, 0.29) is 0 Å².